The second kappa shape index (κ2) is 3.62. The molecule has 58 valence electrons. The Morgan fingerprint density at radius 2 is 2.40 bits per heavy atom. The first-order valence-electron chi connectivity index (χ1n) is 3.99. The minimum Gasteiger partial charge on any atom is -0.413 e. The molecule has 0 spiro atoms. The quantitative estimate of drug-likeness (QED) is 0.649. The average Bonchev–Trinajstić information content (AvgIpc) is 2.37. The van der Waals surface area contributed by atoms with Crippen LogP contribution in [0.15, 0.2) is 11.8 Å². The molecule has 0 radical (unpaired) electrons. The van der Waals surface area contributed by atoms with Gasteiger partial charge in [0.1, 0.15) is 5.76 Å². The van der Waals surface area contributed by atoms with Crippen molar-refractivity contribution in [3.8, 4) is 0 Å². The minimum absolute atomic E-state index is 0.446. The molecule has 0 aromatic carbocycles. The normalized spacial score (nSPS) is 24.2. The Morgan fingerprint density at radius 1 is 1.60 bits per heavy atom. The SMILES string of the molecule is CCCC1=CC(CC)NO1. The second-order valence-electron chi connectivity index (χ2n) is 2.62. The summed E-state index contributed by atoms with van der Waals surface area (Å²) in [6, 6.07) is 0.446. The lowest BCUT2D eigenvalue weighted by atomic mass is 10.2. The van der Waals surface area contributed by atoms with E-state index < -0.39 is 0 Å². The zero-order chi connectivity index (χ0) is 7.40. The molecule has 0 saturated carbocycles. The van der Waals surface area contributed by atoms with E-state index in [1.807, 2.05) is 0 Å². The number of rotatable bonds is 3. The van der Waals surface area contributed by atoms with Crippen molar-refractivity contribution in [3.05, 3.63) is 11.8 Å². The van der Waals surface area contributed by atoms with E-state index in [4.69, 9.17) is 4.84 Å². The average molecular weight is 141 g/mol. The summed E-state index contributed by atoms with van der Waals surface area (Å²) in [4.78, 5) is 5.21. The summed E-state index contributed by atoms with van der Waals surface area (Å²) in [6.45, 7) is 4.30. The Labute approximate surface area is 62.2 Å². The summed E-state index contributed by atoms with van der Waals surface area (Å²) in [5.74, 6) is 1.11. The molecule has 10 heavy (non-hydrogen) atoms. The third-order valence-electron chi connectivity index (χ3n) is 1.66. The van der Waals surface area contributed by atoms with Crippen molar-refractivity contribution in [1.29, 1.82) is 0 Å². The summed E-state index contributed by atoms with van der Waals surface area (Å²) < 4.78 is 0. The Hall–Kier alpha value is -0.500. The first-order chi connectivity index (χ1) is 4.86. The fourth-order valence-corrected chi connectivity index (χ4v) is 1.03. The maximum atomic E-state index is 5.21. The smallest absolute Gasteiger partial charge is 0.121 e. The van der Waals surface area contributed by atoms with Gasteiger partial charge in [0.25, 0.3) is 0 Å². The molecular weight excluding hydrogens is 126 g/mol. The molecule has 1 rings (SSSR count). The lowest BCUT2D eigenvalue weighted by Crippen LogP contribution is -2.19. The topological polar surface area (TPSA) is 21.3 Å². The van der Waals surface area contributed by atoms with Crippen LogP contribution < -0.4 is 5.48 Å². The van der Waals surface area contributed by atoms with Gasteiger partial charge in [-0.3, -0.25) is 0 Å². The fraction of sp³-hybridized carbons (Fsp3) is 0.750. The van der Waals surface area contributed by atoms with E-state index in [1.165, 1.54) is 0 Å². The van der Waals surface area contributed by atoms with E-state index in [1.54, 1.807) is 0 Å². The Bertz CT molecular complexity index is 131. The van der Waals surface area contributed by atoms with Gasteiger partial charge in [0.2, 0.25) is 0 Å². The van der Waals surface area contributed by atoms with Gasteiger partial charge in [-0.1, -0.05) is 13.8 Å². The molecule has 0 bridgehead atoms. The highest BCUT2D eigenvalue weighted by Gasteiger charge is 2.12. The van der Waals surface area contributed by atoms with Gasteiger partial charge in [0, 0.05) is 6.42 Å². The van der Waals surface area contributed by atoms with Gasteiger partial charge >= 0.3 is 0 Å². The Morgan fingerprint density at radius 3 is 2.90 bits per heavy atom. The monoisotopic (exact) mass is 141 g/mol. The van der Waals surface area contributed by atoms with E-state index in [2.05, 4.69) is 25.4 Å². The summed E-state index contributed by atoms with van der Waals surface area (Å²) in [7, 11) is 0. The molecule has 2 heteroatoms. The molecule has 1 heterocycles. The molecule has 1 aliphatic rings. The predicted molar refractivity (Wildman–Crippen MR) is 41.3 cm³/mol. The van der Waals surface area contributed by atoms with E-state index in [0.29, 0.717) is 6.04 Å². The molecule has 0 aromatic heterocycles. The largest absolute Gasteiger partial charge is 0.413 e. The molecule has 0 fully saturated rings. The minimum atomic E-state index is 0.446. The number of nitrogens with one attached hydrogen (secondary N) is 1. The molecule has 0 saturated heterocycles. The zero-order valence-electron chi connectivity index (χ0n) is 6.68. The van der Waals surface area contributed by atoms with Crippen LogP contribution in [0.2, 0.25) is 0 Å². The lowest BCUT2D eigenvalue weighted by Gasteiger charge is -2.02. The van der Waals surface area contributed by atoms with Gasteiger partial charge in [-0.05, 0) is 18.9 Å². The molecule has 1 unspecified atom stereocenters. The van der Waals surface area contributed by atoms with Gasteiger partial charge in [-0.25, -0.2) is 0 Å². The van der Waals surface area contributed by atoms with Gasteiger partial charge in [0.05, 0.1) is 6.04 Å². The van der Waals surface area contributed by atoms with Crippen LogP contribution in [0.25, 0.3) is 0 Å². The highest BCUT2D eigenvalue weighted by Crippen LogP contribution is 2.13. The summed E-state index contributed by atoms with van der Waals surface area (Å²) >= 11 is 0. The highest BCUT2D eigenvalue weighted by molar-refractivity contribution is 5.03. The fourth-order valence-electron chi connectivity index (χ4n) is 1.03. The second-order valence-corrected chi connectivity index (χ2v) is 2.62. The molecule has 0 amide bonds. The van der Waals surface area contributed by atoms with Crippen molar-refractivity contribution >= 4 is 0 Å². The lowest BCUT2D eigenvalue weighted by molar-refractivity contribution is 0.109. The van der Waals surface area contributed by atoms with Crippen LogP contribution in [0.3, 0.4) is 0 Å². The van der Waals surface area contributed by atoms with E-state index >= 15 is 0 Å². The predicted octanol–water partition coefficient (Wildman–Crippen LogP) is 1.98. The molecule has 0 aromatic rings. The van der Waals surface area contributed by atoms with Crippen molar-refractivity contribution in [2.24, 2.45) is 0 Å². The number of hydroxylamine groups is 1. The summed E-state index contributed by atoms with van der Waals surface area (Å²) in [6.07, 6.45) is 5.49. The van der Waals surface area contributed by atoms with Crippen molar-refractivity contribution < 1.29 is 4.84 Å². The van der Waals surface area contributed by atoms with Crippen LogP contribution in [-0.4, -0.2) is 6.04 Å². The summed E-state index contributed by atoms with van der Waals surface area (Å²) in [5, 5.41) is 0. The van der Waals surface area contributed by atoms with E-state index in [9.17, 15) is 0 Å². The van der Waals surface area contributed by atoms with E-state index in [0.717, 1.165) is 25.0 Å². The third kappa shape index (κ3) is 1.74. The first-order valence-corrected chi connectivity index (χ1v) is 3.99. The molecule has 2 nitrogen and oxygen atoms in total. The Balaban J connectivity index is 2.33. The van der Waals surface area contributed by atoms with Crippen LogP contribution in [0.4, 0.5) is 0 Å². The number of hydrogen-bond donors (Lipinski definition) is 1. The zero-order valence-corrected chi connectivity index (χ0v) is 6.68. The van der Waals surface area contributed by atoms with Crippen LogP contribution >= 0.6 is 0 Å². The van der Waals surface area contributed by atoms with Crippen molar-refractivity contribution in [2.75, 3.05) is 0 Å². The van der Waals surface area contributed by atoms with Crippen LogP contribution in [0.5, 0.6) is 0 Å². The van der Waals surface area contributed by atoms with Crippen LogP contribution in [0, 0.1) is 0 Å². The molecular formula is C8H15NO. The number of allylic oxidation sites excluding steroid dienone is 1. The van der Waals surface area contributed by atoms with Gasteiger partial charge in [0.15, 0.2) is 0 Å². The highest BCUT2D eigenvalue weighted by atomic mass is 16.7. The first kappa shape index (κ1) is 7.61. The molecule has 1 atom stereocenters. The molecule has 0 aliphatic carbocycles. The third-order valence-corrected chi connectivity index (χ3v) is 1.66. The Kier molecular flexibility index (Phi) is 2.75. The summed E-state index contributed by atoms with van der Waals surface area (Å²) in [5.41, 5.74) is 2.95. The van der Waals surface area contributed by atoms with Gasteiger partial charge in [-0.15, -0.1) is 0 Å². The van der Waals surface area contributed by atoms with Crippen LogP contribution in [-0.2, 0) is 4.84 Å². The van der Waals surface area contributed by atoms with Crippen molar-refractivity contribution in [3.63, 3.8) is 0 Å². The van der Waals surface area contributed by atoms with Crippen molar-refractivity contribution in [1.82, 2.24) is 5.48 Å². The maximum Gasteiger partial charge on any atom is 0.121 e. The molecule has 1 aliphatic heterocycles. The standard InChI is InChI=1S/C8H15NO/c1-3-5-8-6-7(4-2)9-10-8/h6-7,9H,3-5H2,1-2H3. The molecule has 1 N–H and O–H groups in total. The maximum absolute atomic E-state index is 5.21. The van der Waals surface area contributed by atoms with E-state index in [-0.39, 0.29) is 0 Å². The van der Waals surface area contributed by atoms with Gasteiger partial charge < -0.3 is 4.84 Å². The van der Waals surface area contributed by atoms with Crippen molar-refractivity contribution in [2.45, 2.75) is 39.2 Å². The number of hydrogen-bond acceptors (Lipinski definition) is 2. The van der Waals surface area contributed by atoms with Crippen LogP contribution in [0.1, 0.15) is 33.1 Å². The van der Waals surface area contributed by atoms with Gasteiger partial charge in [-0.2, -0.15) is 5.48 Å².